The third-order valence-electron chi connectivity index (χ3n) is 4.47. The van der Waals surface area contributed by atoms with Crippen molar-refractivity contribution in [3.8, 4) is 23.2 Å². The smallest absolute Gasteiger partial charge is 0.338 e. The molecule has 10 nitrogen and oxygen atoms in total. The average molecular weight is 425 g/mol. The Morgan fingerprint density at radius 2 is 2.23 bits per heavy atom. The molecule has 0 aliphatic carbocycles. The van der Waals surface area contributed by atoms with Crippen molar-refractivity contribution >= 4 is 11.8 Å². The van der Waals surface area contributed by atoms with E-state index in [0.29, 0.717) is 23.5 Å². The molecule has 3 aromatic rings. The highest BCUT2D eigenvalue weighted by Gasteiger charge is 2.22. The zero-order valence-electron chi connectivity index (χ0n) is 17.1. The van der Waals surface area contributed by atoms with E-state index >= 15 is 0 Å². The monoisotopic (exact) mass is 425 g/mol. The van der Waals surface area contributed by atoms with Crippen molar-refractivity contribution in [2.45, 2.75) is 19.6 Å². The molecule has 4 N–H and O–H groups in total. The predicted octanol–water partition coefficient (Wildman–Crippen LogP) is 2.11. The fourth-order valence-electron chi connectivity index (χ4n) is 3.02. The number of H-pyrrole nitrogens is 1. The molecule has 0 unspecified atom stereocenters. The third-order valence-corrected chi connectivity index (χ3v) is 4.47. The van der Waals surface area contributed by atoms with E-state index in [1.165, 1.54) is 25.4 Å². The number of rotatable bonds is 7. The molecule has 1 atom stereocenters. The number of nitrogen functional groups attached to an aromatic ring is 1. The SMILES string of the molecule is CNCc1[nH]nc(C#N)c1-c1cnc(N)c(O[C@H](C)c2cc(F)ccc2C(=O)OC)n1. The van der Waals surface area contributed by atoms with Crippen LogP contribution in [0.25, 0.3) is 11.3 Å². The highest BCUT2D eigenvalue weighted by atomic mass is 19.1. The topological polar surface area (TPSA) is 152 Å². The first-order valence-electron chi connectivity index (χ1n) is 9.18. The molecule has 0 aliphatic heterocycles. The molecule has 2 aromatic heterocycles. The van der Waals surface area contributed by atoms with Crippen molar-refractivity contribution in [3.05, 3.63) is 52.7 Å². The highest BCUT2D eigenvalue weighted by molar-refractivity contribution is 5.91. The van der Waals surface area contributed by atoms with E-state index in [0.717, 1.165) is 6.07 Å². The van der Waals surface area contributed by atoms with Gasteiger partial charge in [0.25, 0.3) is 5.88 Å². The van der Waals surface area contributed by atoms with Gasteiger partial charge in [0.1, 0.15) is 18.0 Å². The number of nitrogens with zero attached hydrogens (tertiary/aromatic N) is 4. The van der Waals surface area contributed by atoms with E-state index in [1.54, 1.807) is 14.0 Å². The van der Waals surface area contributed by atoms with Gasteiger partial charge in [0.05, 0.1) is 35.8 Å². The number of carbonyl (C=O) groups is 1. The normalized spacial score (nSPS) is 11.6. The van der Waals surface area contributed by atoms with Crippen molar-refractivity contribution in [3.63, 3.8) is 0 Å². The predicted molar refractivity (Wildman–Crippen MR) is 108 cm³/mol. The molecule has 0 radical (unpaired) electrons. The summed E-state index contributed by atoms with van der Waals surface area (Å²) in [6.45, 7) is 2.02. The molecule has 0 saturated carbocycles. The Balaban J connectivity index is 2.00. The van der Waals surface area contributed by atoms with Gasteiger partial charge in [-0.05, 0) is 32.2 Å². The summed E-state index contributed by atoms with van der Waals surface area (Å²) in [6, 6.07) is 5.65. The summed E-state index contributed by atoms with van der Waals surface area (Å²) in [5.41, 5.74) is 7.89. The van der Waals surface area contributed by atoms with E-state index in [9.17, 15) is 14.4 Å². The number of ether oxygens (including phenoxy) is 2. The number of hydrogen-bond donors (Lipinski definition) is 3. The quantitative estimate of drug-likeness (QED) is 0.483. The lowest BCUT2D eigenvalue weighted by atomic mass is 10.0. The van der Waals surface area contributed by atoms with Crippen LogP contribution in [0.15, 0.2) is 24.4 Å². The number of aromatic nitrogens is 4. The standard InChI is InChI=1S/C20H20FN7O3/c1-10(13-6-11(21)4-5-12(13)20(29)30-3)31-19-18(23)25-9-15(26-19)17-14(7-22)27-28-16(17)8-24-2/h4-6,9-10,24H,8H2,1-3H3,(H2,23,25)(H,27,28)/t10-/m1/s1. The van der Waals surface area contributed by atoms with Crippen LogP contribution in [0.4, 0.5) is 10.2 Å². The number of nitriles is 1. The lowest BCUT2D eigenvalue weighted by molar-refractivity contribution is 0.0595. The lowest BCUT2D eigenvalue weighted by Crippen LogP contribution is -2.14. The van der Waals surface area contributed by atoms with E-state index in [4.69, 9.17) is 15.2 Å². The van der Waals surface area contributed by atoms with Gasteiger partial charge in [-0.1, -0.05) is 0 Å². The van der Waals surface area contributed by atoms with Gasteiger partial charge in [-0.25, -0.2) is 19.2 Å². The van der Waals surface area contributed by atoms with Crippen molar-refractivity contribution < 1.29 is 18.7 Å². The maximum atomic E-state index is 13.8. The van der Waals surface area contributed by atoms with E-state index < -0.39 is 17.9 Å². The molecule has 0 aliphatic rings. The fraction of sp³-hybridized carbons (Fsp3) is 0.250. The molecule has 0 amide bonds. The van der Waals surface area contributed by atoms with Crippen LogP contribution in [0.1, 0.15) is 40.3 Å². The lowest BCUT2D eigenvalue weighted by Gasteiger charge is -2.18. The molecule has 31 heavy (non-hydrogen) atoms. The van der Waals surface area contributed by atoms with Gasteiger partial charge in [-0.2, -0.15) is 10.4 Å². The third kappa shape index (κ3) is 4.44. The van der Waals surface area contributed by atoms with Crippen molar-refractivity contribution in [1.82, 2.24) is 25.5 Å². The van der Waals surface area contributed by atoms with Crippen LogP contribution in [-0.4, -0.2) is 40.3 Å². The summed E-state index contributed by atoms with van der Waals surface area (Å²) in [5, 5.41) is 19.1. The molecular formula is C20H20FN7O3. The zero-order valence-corrected chi connectivity index (χ0v) is 17.1. The van der Waals surface area contributed by atoms with Crippen LogP contribution >= 0.6 is 0 Å². The summed E-state index contributed by atoms with van der Waals surface area (Å²) < 4.78 is 24.4. The van der Waals surface area contributed by atoms with Crippen molar-refractivity contribution in [1.29, 1.82) is 5.26 Å². The minimum Gasteiger partial charge on any atom is -0.467 e. The highest BCUT2D eigenvalue weighted by Crippen LogP contribution is 2.31. The number of methoxy groups -OCH3 is 1. The number of nitrogens with one attached hydrogen (secondary N) is 2. The second-order valence-corrected chi connectivity index (χ2v) is 6.50. The van der Waals surface area contributed by atoms with Gasteiger partial charge >= 0.3 is 5.97 Å². The second-order valence-electron chi connectivity index (χ2n) is 6.50. The Bertz CT molecular complexity index is 1160. The minimum atomic E-state index is -0.812. The van der Waals surface area contributed by atoms with E-state index in [2.05, 4.69) is 25.5 Å². The van der Waals surface area contributed by atoms with Crippen LogP contribution in [-0.2, 0) is 11.3 Å². The first-order valence-corrected chi connectivity index (χ1v) is 9.18. The Morgan fingerprint density at radius 3 is 2.90 bits per heavy atom. The summed E-state index contributed by atoms with van der Waals surface area (Å²) in [4.78, 5) is 20.5. The van der Waals surface area contributed by atoms with Crippen molar-refractivity contribution in [2.75, 3.05) is 19.9 Å². The summed E-state index contributed by atoms with van der Waals surface area (Å²) >= 11 is 0. The zero-order chi connectivity index (χ0) is 22.5. The van der Waals surface area contributed by atoms with Gasteiger partial charge in [0.15, 0.2) is 11.5 Å². The Morgan fingerprint density at radius 1 is 1.45 bits per heavy atom. The van der Waals surface area contributed by atoms with Crippen LogP contribution in [0.3, 0.4) is 0 Å². The first-order chi connectivity index (χ1) is 14.9. The fourth-order valence-corrected chi connectivity index (χ4v) is 3.02. The molecule has 160 valence electrons. The van der Waals surface area contributed by atoms with Gasteiger partial charge in [-0.3, -0.25) is 5.10 Å². The Labute approximate surface area is 177 Å². The maximum absolute atomic E-state index is 13.8. The number of anilines is 1. The van der Waals surface area contributed by atoms with E-state index in [-0.39, 0.29) is 28.5 Å². The number of nitrogens with two attached hydrogens (primary N) is 1. The number of benzene rings is 1. The first kappa shape index (κ1) is 21.7. The molecule has 11 heteroatoms. The van der Waals surface area contributed by atoms with Crippen LogP contribution in [0.5, 0.6) is 5.88 Å². The van der Waals surface area contributed by atoms with Gasteiger partial charge in [0, 0.05) is 12.1 Å². The summed E-state index contributed by atoms with van der Waals surface area (Å²) in [7, 11) is 2.98. The minimum absolute atomic E-state index is 0.0104. The maximum Gasteiger partial charge on any atom is 0.338 e. The Kier molecular flexibility index (Phi) is 6.42. The van der Waals surface area contributed by atoms with Gasteiger partial charge < -0.3 is 20.5 Å². The summed E-state index contributed by atoms with van der Waals surface area (Å²) in [5.74, 6) is -1.22. The molecule has 0 saturated heterocycles. The second kappa shape index (κ2) is 9.19. The van der Waals surface area contributed by atoms with Gasteiger partial charge in [-0.15, -0.1) is 0 Å². The largest absolute Gasteiger partial charge is 0.467 e. The molecule has 0 fully saturated rings. The number of halogens is 1. The van der Waals surface area contributed by atoms with Crippen LogP contribution in [0.2, 0.25) is 0 Å². The number of hydrogen-bond acceptors (Lipinski definition) is 9. The molecule has 1 aromatic carbocycles. The Hall–Kier alpha value is -4.04. The van der Waals surface area contributed by atoms with Crippen molar-refractivity contribution in [2.24, 2.45) is 0 Å². The molecular weight excluding hydrogens is 405 g/mol. The van der Waals surface area contributed by atoms with Crippen LogP contribution in [0, 0.1) is 17.1 Å². The number of carbonyl (C=O) groups excluding carboxylic acids is 1. The van der Waals surface area contributed by atoms with Gasteiger partial charge in [0.2, 0.25) is 0 Å². The molecule has 0 spiro atoms. The molecule has 0 bridgehead atoms. The number of esters is 1. The average Bonchev–Trinajstić information content (AvgIpc) is 3.17. The van der Waals surface area contributed by atoms with E-state index in [1.807, 2.05) is 6.07 Å². The molecule has 3 rings (SSSR count). The summed E-state index contributed by atoms with van der Waals surface area (Å²) in [6.07, 6.45) is 0.591. The van der Waals surface area contributed by atoms with Crippen LogP contribution < -0.4 is 15.8 Å². The molecule has 2 heterocycles. The number of aromatic amines is 1.